The summed E-state index contributed by atoms with van der Waals surface area (Å²) in [5.41, 5.74) is 4.90. The van der Waals surface area contributed by atoms with Crippen molar-refractivity contribution in [2.24, 2.45) is 5.92 Å². The number of nitrogens with one attached hydrogen (secondary N) is 1. The largest absolute Gasteiger partial charge is 0.398 e. The molecule has 1 rings (SSSR count). The average molecular weight is 268 g/mol. The number of rotatable bonds is 5. The van der Waals surface area contributed by atoms with Crippen LogP contribution in [0.3, 0.4) is 0 Å². The number of amides is 1. The van der Waals surface area contributed by atoms with Crippen molar-refractivity contribution in [1.82, 2.24) is 5.32 Å². The molecule has 0 fully saturated rings. The number of carbonyl (C=O) groups is 1. The molecule has 1 aromatic carbocycles. The van der Waals surface area contributed by atoms with Crippen LogP contribution in [0.1, 0.15) is 37.6 Å². The van der Waals surface area contributed by atoms with Gasteiger partial charge in [0.15, 0.2) is 0 Å². The second kappa shape index (κ2) is 6.02. The Morgan fingerprint density at radius 1 is 1.53 bits per heavy atom. The van der Waals surface area contributed by atoms with Gasteiger partial charge in [0.05, 0.1) is 11.2 Å². The molecule has 0 radical (unpaired) electrons. The first-order chi connectivity index (χ1) is 8.71. The highest BCUT2D eigenvalue weighted by Crippen LogP contribution is 2.16. The van der Waals surface area contributed by atoms with Crippen LogP contribution >= 0.6 is 0 Å². The average Bonchev–Trinajstić information content (AvgIpc) is 2.24. The minimum Gasteiger partial charge on any atom is -0.398 e. The number of nitrogens with two attached hydrogens (primary N) is 1. The summed E-state index contributed by atoms with van der Waals surface area (Å²) in [5, 5.41) is 12.7. The van der Waals surface area contributed by atoms with Gasteiger partial charge in [-0.2, -0.15) is 0 Å². The van der Waals surface area contributed by atoms with Crippen LogP contribution in [0.2, 0.25) is 0 Å². The van der Waals surface area contributed by atoms with E-state index in [1.54, 1.807) is 6.92 Å². The first-order valence-electron chi connectivity index (χ1n) is 6.27. The Kier molecular flexibility index (Phi) is 4.89. The Morgan fingerprint density at radius 2 is 2.16 bits per heavy atom. The second-order valence-corrected chi connectivity index (χ2v) is 5.51. The Labute approximate surface area is 112 Å². The number of anilines is 1. The van der Waals surface area contributed by atoms with Crippen LogP contribution in [0.4, 0.5) is 10.1 Å². The first-order valence-corrected chi connectivity index (χ1v) is 6.27. The molecule has 0 heterocycles. The van der Waals surface area contributed by atoms with Crippen molar-refractivity contribution < 1.29 is 14.3 Å². The minimum absolute atomic E-state index is 0.0843. The number of benzene rings is 1. The molecule has 1 unspecified atom stereocenters. The number of halogens is 1. The molecule has 0 aromatic heterocycles. The predicted octanol–water partition coefficient (Wildman–Crippen LogP) is 1.93. The monoisotopic (exact) mass is 268 g/mol. The summed E-state index contributed by atoms with van der Waals surface area (Å²) in [6.07, 6.45) is 0.576. The Morgan fingerprint density at radius 3 is 2.68 bits per heavy atom. The smallest absolute Gasteiger partial charge is 0.253 e. The molecule has 0 bridgehead atoms. The fraction of sp³-hybridized carbons (Fsp3) is 0.500. The Balaban J connectivity index is 2.65. The van der Waals surface area contributed by atoms with Gasteiger partial charge in [0.2, 0.25) is 0 Å². The predicted molar refractivity (Wildman–Crippen MR) is 73.2 cm³/mol. The molecule has 106 valence electrons. The van der Waals surface area contributed by atoms with Crippen molar-refractivity contribution in [3.63, 3.8) is 0 Å². The molecule has 1 aromatic rings. The van der Waals surface area contributed by atoms with E-state index < -0.39 is 17.3 Å². The fourth-order valence-corrected chi connectivity index (χ4v) is 2.06. The van der Waals surface area contributed by atoms with Gasteiger partial charge >= 0.3 is 0 Å². The second-order valence-electron chi connectivity index (χ2n) is 5.51. The number of aliphatic hydroxyl groups is 1. The van der Waals surface area contributed by atoms with Crippen LogP contribution in [-0.2, 0) is 0 Å². The third-order valence-corrected chi connectivity index (χ3v) is 2.74. The van der Waals surface area contributed by atoms with Gasteiger partial charge in [-0.3, -0.25) is 4.79 Å². The highest BCUT2D eigenvalue weighted by atomic mass is 19.1. The topological polar surface area (TPSA) is 75.3 Å². The van der Waals surface area contributed by atoms with Gasteiger partial charge in [-0.25, -0.2) is 4.39 Å². The third kappa shape index (κ3) is 4.87. The van der Waals surface area contributed by atoms with E-state index in [2.05, 4.69) is 5.32 Å². The van der Waals surface area contributed by atoms with Crippen LogP contribution in [0, 0.1) is 11.7 Å². The van der Waals surface area contributed by atoms with Crippen molar-refractivity contribution in [2.45, 2.75) is 32.8 Å². The molecule has 0 aliphatic heterocycles. The zero-order valence-corrected chi connectivity index (χ0v) is 11.5. The molecule has 0 saturated carbocycles. The SMILES string of the molecule is CC(C)CC(C)(O)CNC(=O)c1ccc(F)cc1N. The van der Waals surface area contributed by atoms with Gasteiger partial charge in [-0.05, 0) is 37.5 Å². The van der Waals surface area contributed by atoms with Gasteiger partial charge < -0.3 is 16.2 Å². The van der Waals surface area contributed by atoms with E-state index >= 15 is 0 Å². The number of hydrogen-bond donors (Lipinski definition) is 3. The van der Waals surface area contributed by atoms with Crippen LogP contribution in [0.25, 0.3) is 0 Å². The molecule has 5 heteroatoms. The maximum atomic E-state index is 12.9. The molecular weight excluding hydrogens is 247 g/mol. The lowest BCUT2D eigenvalue weighted by Crippen LogP contribution is -2.41. The van der Waals surface area contributed by atoms with Crippen LogP contribution in [0.15, 0.2) is 18.2 Å². The van der Waals surface area contributed by atoms with Crippen molar-refractivity contribution in [2.75, 3.05) is 12.3 Å². The minimum atomic E-state index is -0.974. The number of hydrogen-bond acceptors (Lipinski definition) is 3. The summed E-state index contributed by atoms with van der Waals surface area (Å²) in [6, 6.07) is 3.61. The lowest BCUT2D eigenvalue weighted by Gasteiger charge is -2.25. The van der Waals surface area contributed by atoms with Gasteiger partial charge in [-0.15, -0.1) is 0 Å². The third-order valence-electron chi connectivity index (χ3n) is 2.74. The van der Waals surface area contributed by atoms with Crippen molar-refractivity contribution >= 4 is 11.6 Å². The molecule has 1 atom stereocenters. The van der Waals surface area contributed by atoms with E-state index in [-0.39, 0.29) is 17.8 Å². The highest BCUT2D eigenvalue weighted by molar-refractivity contribution is 5.99. The van der Waals surface area contributed by atoms with E-state index in [1.165, 1.54) is 12.1 Å². The molecule has 0 aliphatic rings. The fourth-order valence-electron chi connectivity index (χ4n) is 2.06. The molecule has 4 nitrogen and oxygen atoms in total. The quantitative estimate of drug-likeness (QED) is 0.714. The van der Waals surface area contributed by atoms with Crippen molar-refractivity contribution in [3.8, 4) is 0 Å². The molecule has 0 aliphatic carbocycles. The number of carbonyl (C=O) groups excluding carboxylic acids is 1. The highest BCUT2D eigenvalue weighted by Gasteiger charge is 2.23. The summed E-state index contributed by atoms with van der Waals surface area (Å²) >= 11 is 0. The summed E-state index contributed by atoms with van der Waals surface area (Å²) in [4.78, 5) is 11.9. The van der Waals surface area contributed by atoms with Gasteiger partial charge in [0.25, 0.3) is 5.91 Å². The van der Waals surface area contributed by atoms with Crippen molar-refractivity contribution in [3.05, 3.63) is 29.6 Å². The van der Waals surface area contributed by atoms with Crippen LogP contribution < -0.4 is 11.1 Å². The van der Waals surface area contributed by atoms with Crippen molar-refractivity contribution in [1.29, 1.82) is 0 Å². The van der Waals surface area contributed by atoms with Gasteiger partial charge in [-0.1, -0.05) is 13.8 Å². The summed E-state index contributed by atoms with van der Waals surface area (Å²) in [7, 11) is 0. The van der Waals surface area contributed by atoms with E-state index in [4.69, 9.17) is 5.73 Å². The molecule has 1 amide bonds. The Hall–Kier alpha value is -1.62. The standard InChI is InChI=1S/C14H21FN2O2/c1-9(2)7-14(3,19)8-17-13(18)11-5-4-10(15)6-12(11)16/h4-6,9,19H,7-8,16H2,1-3H3,(H,17,18). The molecule has 19 heavy (non-hydrogen) atoms. The normalized spacial score (nSPS) is 14.2. The maximum Gasteiger partial charge on any atom is 0.253 e. The molecular formula is C14H21FN2O2. The van der Waals surface area contributed by atoms with E-state index in [9.17, 15) is 14.3 Å². The molecule has 0 spiro atoms. The van der Waals surface area contributed by atoms with E-state index in [0.717, 1.165) is 6.07 Å². The zero-order valence-electron chi connectivity index (χ0n) is 11.5. The van der Waals surface area contributed by atoms with Gasteiger partial charge in [0, 0.05) is 12.2 Å². The van der Waals surface area contributed by atoms with E-state index in [0.29, 0.717) is 12.3 Å². The molecule has 0 saturated heterocycles. The Bertz CT molecular complexity index is 459. The van der Waals surface area contributed by atoms with E-state index in [1.807, 2.05) is 13.8 Å². The lowest BCUT2D eigenvalue weighted by atomic mass is 9.94. The van der Waals surface area contributed by atoms with Gasteiger partial charge in [0.1, 0.15) is 5.82 Å². The molecule has 4 N–H and O–H groups in total. The number of nitrogen functional groups attached to an aromatic ring is 1. The van der Waals surface area contributed by atoms with Crippen LogP contribution in [0.5, 0.6) is 0 Å². The summed E-state index contributed by atoms with van der Waals surface area (Å²) in [6.45, 7) is 5.78. The zero-order chi connectivity index (χ0) is 14.6. The first kappa shape index (κ1) is 15.4. The maximum absolute atomic E-state index is 12.9. The summed E-state index contributed by atoms with van der Waals surface area (Å²) in [5.74, 6) is -0.579. The lowest BCUT2D eigenvalue weighted by molar-refractivity contribution is 0.0368. The summed E-state index contributed by atoms with van der Waals surface area (Å²) < 4.78 is 12.9. The van der Waals surface area contributed by atoms with Crippen LogP contribution in [-0.4, -0.2) is 23.2 Å².